The van der Waals surface area contributed by atoms with Crippen LogP contribution in [0.1, 0.15) is 11.1 Å². The molecular weight excluding hydrogens is 263 g/mol. The molecule has 0 atom stereocenters. The van der Waals surface area contributed by atoms with Crippen molar-refractivity contribution >= 4 is 11.4 Å². The van der Waals surface area contributed by atoms with Gasteiger partial charge in [0.15, 0.2) is 0 Å². The number of para-hydroxylation sites is 1. The smallest absolute Gasteiger partial charge is 0.292 e. The Morgan fingerprint density at radius 2 is 2.10 bits per heavy atom. The Bertz CT molecular complexity index is 659. The molecule has 0 saturated heterocycles. The first-order chi connectivity index (χ1) is 9.49. The number of ether oxygens (including phenoxy) is 1. The standard InChI is InChI=1S/C14H13FN2O3/c1-9-5-6-11(7-12(9)15)20-8-10-3-2-4-13(14(10)16)17(18)19/h2-7H,8,16H2,1H3. The number of rotatable bonds is 4. The summed E-state index contributed by atoms with van der Waals surface area (Å²) >= 11 is 0. The number of nitro groups is 1. The summed E-state index contributed by atoms with van der Waals surface area (Å²) in [4.78, 5) is 10.2. The van der Waals surface area contributed by atoms with Crippen molar-refractivity contribution in [2.45, 2.75) is 13.5 Å². The summed E-state index contributed by atoms with van der Waals surface area (Å²) in [6.45, 7) is 1.69. The molecule has 2 rings (SSSR count). The van der Waals surface area contributed by atoms with Gasteiger partial charge in [-0.15, -0.1) is 0 Å². The van der Waals surface area contributed by atoms with Crippen molar-refractivity contribution < 1.29 is 14.1 Å². The highest BCUT2D eigenvalue weighted by molar-refractivity contribution is 5.62. The maximum atomic E-state index is 13.4. The van der Waals surface area contributed by atoms with E-state index in [1.54, 1.807) is 25.1 Å². The molecule has 0 radical (unpaired) electrons. The first kappa shape index (κ1) is 13.8. The van der Waals surface area contributed by atoms with Gasteiger partial charge in [-0.05, 0) is 18.6 Å². The summed E-state index contributed by atoms with van der Waals surface area (Å²) in [5.74, 6) is -0.0199. The summed E-state index contributed by atoms with van der Waals surface area (Å²) in [7, 11) is 0. The summed E-state index contributed by atoms with van der Waals surface area (Å²) in [5.41, 5.74) is 6.61. The van der Waals surface area contributed by atoms with Crippen molar-refractivity contribution in [2.75, 3.05) is 5.73 Å². The normalized spacial score (nSPS) is 10.3. The fourth-order valence-corrected chi connectivity index (χ4v) is 1.71. The monoisotopic (exact) mass is 276 g/mol. The number of benzene rings is 2. The maximum Gasteiger partial charge on any atom is 0.292 e. The molecule has 0 aliphatic heterocycles. The van der Waals surface area contributed by atoms with Gasteiger partial charge in [0.25, 0.3) is 5.69 Å². The lowest BCUT2D eigenvalue weighted by Gasteiger charge is -2.09. The number of aryl methyl sites for hydroxylation is 1. The number of nitrogens with two attached hydrogens (primary N) is 1. The molecule has 0 aromatic heterocycles. The van der Waals surface area contributed by atoms with E-state index in [4.69, 9.17) is 10.5 Å². The zero-order chi connectivity index (χ0) is 14.7. The third-order valence-corrected chi connectivity index (χ3v) is 2.91. The topological polar surface area (TPSA) is 78.4 Å². The first-order valence-electron chi connectivity index (χ1n) is 5.89. The Kier molecular flexibility index (Phi) is 3.84. The Hall–Kier alpha value is -2.63. The number of nitro benzene ring substituents is 1. The Morgan fingerprint density at radius 1 is 1.35 bits per heavy atom. The van der Waals surface area contributed by atoms with E-state index in [1.807, 2.05) is 0 Å². The average molecular weight is 276 g/mol. The number of anilines is 1. The van der Waals surface area contributed by atoms with Crippen molar-refractivity contribution in [2.24, 2.45) is 0 Å². The molecule has 0 unspecified atom stereocenters. The van der Waals surface area contributed by atoms with E-state index in [1.165, 1.54) is 18.2 Å². The van der Waals surface area contributed by atoms with Crippen molar-refractivity contribution in [1.82, 2.24) is 0 Å². The Labute approximate surface area is 114 Å². The van der Waals surface area contributed by atoms with Gasteiger partial charge in [-0.1, -0.05) is 18.2 Å². The Morgan fingerprint density at radius 3 is 2.75 bits per heavy atom. The summed E-state index contributed by atoms with van der Waals surface area (Å²) in [6.07, 6.45) is 0. The van der Waals surface area contributed by atoms with Crippen molar-refractivity contribution in [1.29, 1.82) is 0 Å². The molecule has 0 aliphatic rings. The van der Waals surface area contributed by atoms with E-state index in [2.05, 4.69) is 0 Å². The molecule has 6 heteroatoms. The third kappa shape index (κ3) is 2.85. The molecule has 20 heavy (non-hydrogen) atoms. The number of nitrogens with zero attached hydrogens (tertiary/aromatic N) is 1. The van der Waals surface area contributed by atoms with E-state index in [0.29, 0.717) is 16.9 Å². The van der Waals surface area contributed by atoms with Crippen LogP contribution in [0.2, 0.25) is 0 Å². The van der Waals surface area contributed by atoms with Gasteiger partial charge in [0.2, 0.25) is 0 Å². The van der Waals surface area contributed by atoms with Crippen LogP contribution in [0.5, 0.6) is 5.75 Å². The second-order valence-electron chi connectivity index (χ2n) is 4.31. The van der Waals surface area contributed by atoms with Crippen molar-refractivity contribution in [3.05, 3.63) is 63.5 Å². The molecular formula is C14H13FN2O3. The molecule has 2 aromatic carbocycles. The minimum absolute atomic E-state index is 0.0377. The summed E-state index contributed by atoms with van der Waals surface area (Å²) in [5, 5.41) is 10.8. The van der Waals surface area contributed by atoms with E-state index < -0.39 is 4.92 Å². The van der Waals surface area contributed by atoms with Crippen LogP contribution in [-0.2, 0) is 6.61 Å². The molecule has 0 amide bonds. The average Bonchev–Trinajstić information content (AvgIpc) is 2.41. The van der Waals surface area contributed by atoms with Gasteiger partial charge in [0.05, 0.1) is 4.92 Å². The summed E-state index contributed by atoms with van der Waals surface area (Å²) < 4.78 is 18.8. The van der Waals surface area contributed by atoms with Crippen LogP contribution in [0.3, 0.4) is 0 Å². The van der Waals surface area contributed by atoms with Crippen LogP contribution in [0.15, 0.2) is 36.4 Å². The van der Waals surface area contributed by atoms with Crippen LogP contribution in [0.4, 0.5) is 15.8 Å². The quantitative estimate of drug-likeness (QED) is 0.528. The van der Waals surface area contributed by atoms with Crippen molar-refractivity contribution in [3.8, 4) is 5.75 Å². The number of halogens is 1. The molecule has 2 N–H and O–H groups in total. The second-order valence-corrected chi connectivity index (χ2v) is 4.31. The highest BCUT2D eigenvalue weighted by Crippen LogP contribution is 2.26. The molecule has 2 aromatic rings. The molecule has 0 spiro atoms. The SMILES string of the molecule is Cc1ccc(OCc2cccc([N+](=O)[O-])c2N)cc1F. The predicted molar refractivity (Wildman–Crippen MR) is 73.0 cm³/mol. The summed E-state index contributed by atoms with van der Waals surface area (Å²) in [6, 6.07) is 8.98. The number of nitrogen functional groups attached to an aromatic ring is 1. The molecule has 0 bridgehead atoms. The lowest BCUT2D eigenvalue weighted by molar-refractivity contribution is -0.384. The van der Waals surface area contributed by atoms with Crippen molar-refractivity contribution in [3.63, 3.8) is 0 Å². The largest absolute Gasteiger partial charge is 0.489 e. The highest BCUT2D eigenvalue weighted by atomic mass is 19.1. The Balaban J connectivity index is 2.17. The van der Waals surface area contributed by atoms with Crippen LogP contribution in [-0.4, -0.2) is 4.92 Å². The fourth-order valence-electron chi connectivity index (χ4n) is 1.71. The zero-order valence-corrected chi connectivity index (χ0v) is 10.8. The van der Waals surface area contributed by atoms with Gasteiger partial charge in [-0.25, -0.2) is 4.39 Å². The number of hydrogen-bond donors (Lipinski definition) is 1. The molecule has 0 aliphatic carbocycles. The molecule has 0 saturated carbocycles. The van der Waals surface area contributed by atoms with Gasteiger partial charge >= 0.3 is 0 Å². The molecule has 0 heterocycles. The molecule has 5 nitrogen and oxygen atoms in total. The van der Waals surface area contributed by atoms with Gasteiger partial charge in [-0.3, -0.25) is 10.1 Å². The minimum atomic E-state index is -0.551. The fraction of sp³-hybridized carbons (Fsp3) is 0.143. The lowest BCUT2D eigenvalue weighted by atomic mass is 10.1. The predicted octanol–water partition coefficient (Wildman–Crippen LogP) is 3.20. The van der Waals surface area contributed by atoms with Gasteiger partial charge in [0, 0.05) is 17.7 Å². The van der Waals surface area contributed by atoms with Gasteiger partial charge in [0.1, 0.15) is 23.9 Å². The van der Waals surface area contributed by atoms with Gasteiger partial charge < -0.3 is 10.5 Å². The molecule has 0 fully saturated rings. The van der Waals surface area contributed by atoms with Crippen LogP contribution in [0, 0.1) is 22.9 Å². The van der Waals surface area contributed by atoms with Crippen LogP contribution in [0.25, 0.3) is 0 Å². The maximum absolute atomic E-state index is 13.4. The van der Waals surface area contributed by atoms with Crippen LogP contribution >= 0.6 is 0 Å². The highest BCUT2D eigenvalue weighted by Gasteiger charge is 2.14. The van der Waals surface area contributed by atoms with Crippen LogP contribution < -0.4 is 10.5 Å². The minimum Gasteiger partial charge on any atom is -0.489 e. The first-order valence-corrected chi connectivity index (χ1v) is 5.89. The van der Waals surface area contributed by atoms with E-state index >= 15 is 0 Å². The van der Waals surface area contributed by atoms with E-state index in [-0.39, 0.29) is 23.8 Å². The second kappa shape index (κ2) is 5.56. The lowest BCUT2D eigenvalue weighted by Crippen LogP contribution is -2.03. The zero-order valence-electron chi connectivity index (χ0n) is 10.8. The molecule has 104 valence electrons. The number of hydrogen-bond acceptors (Lipinski definition) is 4. The third-order valence-electron chi connectivity index (χ3n) is 2.91. The van der Waals surface area contributed by atoms with E-state index in [0.717, 1.165) is 0 Å². The van der Waals surface area contributed by atoms with Gasteiger partial charge in [-0.2, -0.15) is 0 Å². The van der Waals surface area contributed by atoms with E-state index in [9.17, 15) is 14.5 Å².